The molecule has 0 heterocycles. The normalized spacial score (nSPS) is 11.4. The molecule has 0 aliphatic carbocycles. The molecule has 0 spiro atoms. The number of halogens is 1. The molecule has 0 radical (unpaired) electrons. The van der Waals surface area contributed by atoms with Gasteiger partial charge in [0.2, 0.25) is 0 Å². The summed E-state index contributed by atoms with van der Waals surface area (Å²) in [6, 6.07) is 19.6. The van der Waals surface area contributed by atoms with Crippen molar-refractivity contribution >= 4 is 38.3 Å². The molecule has 0 saturated carbocycles. The number of rotatable bonds is 5. The van der Waals surface area contributed by atoms with Crippen LogP contribution >= 0.6 is 15.9 Å². The highest BCUT2D eigenvalue weighted by atomic mass is 79.9. The molecule has 0 bridgehead atoms. The van der Waals surface area contributed by atoms with Crippen LogP contribution in [0.3, 0.4) is 0 Å². The number of carbonyl (C=O) groups is 1. The fourth-order valence-electron chi connectivity index (χ4n) is 2.54. The van der Waals surface area contributed by atoms with Crippen LogP contribution in [-0.4, -0.2) is 18.2 Å². The van der Waals surface area contributed by atoms with Gasteiger partial charge in [-0.3, -0.25) is 4.79 Å². The van der Waals surface area contributed by atoms with E-state index >= 15 is 0 Å². The molecule has 0 fully saturated rings. The molecule has 1 N–H and O–H groups in total. The molecule has 0 saturated heterocycles. The van der Waals surface area contributed by atoms with E-state index in [1.54, 1.807) is 0 Å². The zero-order valence-electron chi connectivity index (χ0n) is 14.6. The van der Waals surface area contributed by atoms with Crippen LogP contribution in [0.2, 0.25) is 0 Å². The van der Waals surface area contributed by atoms with Gasteiger partial charge < -0.3 is 4.74 Å². The predicted molar refractivity (Wildman–Crippen MR) is 109 cm³/mol. The van der Waals surface area contributed by atoms with Gasteiger partial charge in [0.25, 0.3) is 5.91 Å². The maximum absolute atomic E-state index is 12.1. The SMILES string of the molecule is C/C(=N/NC(=O)COc1ccc(Br)c2ccccc12)c1ccc(C)cc1. The number of hydrogen-bond donors (Lipinski definition) is 1. The van der Waals surface area contributed by atoms with Crippen LogP contribution in [-0.2, 0) is 4.79 Å². The van der Waals surface area contributed by atoms with Gasteiger partial charge in [-0.2, -0.15) is 5.10 Å². The minimum absolute atomic E-state index is 0.101. The van der Waals surface area contributed by atoms with Crippen molar-refractivity contribution < 1.29 is 9.53 Å². The Bertz CT molecular complexity index is 965. The first-order chi connectivity index (χ1) is 12.5. The standard InChI is InChI=1S/C21H19BrN2O2/c1-14-7-9-16(10-8-14)15(2)23-24-21(25)13-26-20-12-11-19(22)17-5-3-4-6-18(17)20/h3-12H,13H2,1-2H3,(H,24,25)/b23-15-. The number of nitrogens with zero attached hydrogens (tertiary/aromatic N) is 1. The summed E-state index contributed by atoms with van der Waals surface area (Å²) < 4.78 is 6.68. The Kier molecular flexibility index (Phi) is 5.68. The quantitative estimate of drug-likeness (QED) is 0.483. The third kappa shape index (κ3) is 4.29. The van der Waals surface area contributed by atoms with E-state index in [-0.39, 0.29) is 12.5 Å². The second-order valence-electron chi connectivity index (χ2n) is 5.98. The fraction of sp³-hybridized carbons (Fsp3) is 0.143. The van der Waals surface area contributed by atoms with Crippen LogP contribution in [0.15, 0.2) is 70.2 Å². The minimum atomic E-state index is -0.302. The van der Waals surface area contributed by atoms with E-state index in [4.69, 9.17) is 4.74 Å². The molecule has 0 atom stereocenters. The Labute approximate surface area is 161 Å². The summed E-state index contributed by atoms with van der Waals surface area (Å²) >= 11 is 3.53. The van der Waals surface area contributed by atoms with E-state index in [1.807, 2.05) is 74.5 Å². The minimum Gasteiger partial charge on any atom is -0.483 e. The van der Waals surface area contributed by atoms with Gasteiger partial charge in [-0.15, -0.1) is 0 Å². The van der Waals surface area contributed by atoms with E-state index in [1.165, 1.54) is 5.56 Å². The van der Waals surface area contributed by atoms with Crippen LogP contribution in [0, 0.1) is 6.92 Å². The molecule has 0 unspecified atom stereocenters. The van der Waals surface area contributed by atoms with Crippen molar-refractivity contribution in [2.24, 2.45) is 5.10 Å². The van der Waals surface area contributed by atoms with Gasteiger partial charge in [0.05, 0.1) is 5.71 Å². The second kappa shape index (κ2) is 8.15. The monoisotopic (exact) mass is 410 g/mol. The Hall–Kier alpha value is -2.66. The highest BCUT2D eigenvalue weighted by molar-refractivity contribution is 9.10. The van der Waals surface area contributed by atoms with Crippen LogP contribution < -0.4 is 10.2 Å². The summed E-state index contributed by atoms with van der Waals surface area (Å²) in [5.41, 5.74) is 5.43. The van der Waals surface area contributed by atoms with Gasteiger partial charge in [-0.05, 0) is 36.9 Å². The molecule has 1 amide bonds. The summed E-state index contributed by atoms with van der Waals surface area (Å²) in [6.45, 7) is 3.78. The molecule has 26 heavy (non-hydrogen) atoms. The van der Waals surface area contributed by atoms with Crippen LogP contribution in [0.1, 0.15) is 18.1 Å². The average Bonchev–Trinajstić information content (AvgIpc) is 2.66. The summed E-state index contributed by atoms with van der Waals surface area (Å²) in [5.74, 6) is 0.363. The lowest BCUT2D eigenvalue weighted by Crippen LogP contribution is -2.25. The summed E-state index contributed by atoms with van der Waals surface area (Å²) in [5, 5.41) is 6.14. The van der Waals surface area contributed by atoms with Crippen molar-refractivity contribution in [3.05, 3.63) is 76.3 Å². The zero-order chi connectivity index (χ0) is 18.5. The number of ether oxygens (including phenoxy) is 1. The number of amides is 1. The third-order valence-electron chi connectivity index (χ3n) is 4.01. The van der Waals surface area contributed by atoms with Crippen molar-refractivity contribution in [2.45, 2.75) is 13.8 Å². The molecule has 132 valence electrons. The third-order valence-corrected chi connectivity index (χ3v) is 4.70. The lowest BCUT2D eigenvalue weighted by atomic mass is 10.1. The molecule has 0 aliphatic rings. The van der Waals surface area contributed by atoms with E-state index in [9.17, 15) is 4.79 Å². The number of carbonyl (C=O) groups excluding carboxylic acids is 1. The second-order valence-corrected chi connectivity index (χ2v) is 6.83. The Balaban J connectivity index is 1.64. The maximum Gasteiger partial charge on any atom is 0.277 e. The van der Waals surface area contributed by atoms with Crippen LogP contribution in [0.5, 0.6) is 5.75 Å². The maximum atomic E-state index is 12.1. The van der Waals surface area contributed by atoms with Crippen molar-refractivity contribution in [3.8, 4) is 5.75 Å². The predicted octanol–water partition coefficient (Wildman–Crippen LogP) is 4.83. The molecular weight excluding hydrogens is 392 g/mol. The lowest BCUT2D eigenvalue weighted by Gasteiger charge is -2.10. The average molecular weight is 411 g/mol. The first kappa shape index (κ1) is 18.1. The van der Waals surface area contributed by atoms with Crippen molar-refractivity contribution in [1.29, 1.82) is 0 Å². The van der Waals surface area contributed by atoms with Gasteiger partial charge in [0.1, 0.15) is 5.75 Å². The van der Waals surface area contributed by atoms with Gasteiger partial charge in [-0.25, -0.2) is 5.43 Å². The number of benzene rings is 3. The molecule has 0 aliphatic heterocycles. The highest BCUT2D eigenvalue weighted by Gasteiger charge is 2.08. The van der Waals surface area contributed by atoms with Gasteiger partial charge >= 0.3 is 0 Å². The first-order valence-corrected chi connectivity index (χ1v) is 9.04. The lowest BCUT2D eigenvalue weighted by molar-refractivity contribution is -0.123. The van der Waals surface area contributed by atoms with Crippen molar-refractivity contribution in [1.82, 2.24) is 5.43 Å². The first-order valence-electron chi connectivity index (χ1n) is 8.25. The fourth-order valence-corrected chi connectivity index (χ4v) is 3.02. The number of fused-ring (bicyclic) bond motifs is 1. The van der Waals surface area contributed by atoms with Crippen molar-refractivity contribution in [2.75, 3.05) is 6.61 Å². The molecule has 4 nitrogen and oxygen atoms in total. The van der Waals surface area contributed by atoms with Gasteiger partial charge in [0, 0.05) is 9.86 Å². The smallest absolute Gasteiger partial charge is 0.277 e. The summed E-state index contributed by atoms with van der Waals surface area (Å²) in [6.07, 6.45) is 0. The molecular formula is C21H19BrN2O2. The summed E-state index contributed by atoms with van der Waals surface area (Å²) in [7, 11) is 0. The largest absolute Gasteiger partial charge is 0.483 e. The molecule has 0 aromatic heterocycles. The van der Waals surface area contributed by atoms with Crippen molar-refractivity contribution in [3.63, 3.8) is 0 Å². The van der Waals surface area contributed by atoms with Crippen LogP contribution in [0.25, 0.3) is 10.8 Å². The molecule has 3 rings (SSSR count). The van der Waals surface area contributed by atoms with Crippen LogP contribution in [0.4, 0.5) is 0 Å². The Morgan fingerprint density at radius 1 is 1.04 bits per heavy atom. The number of hydrazone groups is 1. The topological polar surface area (TPSA) is 50.7 Å². The molecule has 3 aromatic carbocycles. The van der Waals surface area contributed by atoms with Gasteiger partial charge in [-0.1, -0.05) is 70.0 Å². The zero-order valence-corrected chi connectivity index (χ0v) is 16.2. The molecule has 3 aromatic rings. The number of nitrogens with one attached hydrogen (secondary N) is 1. The van der Waals surface area contributed by atoms with E-state index in [2.05, 4.69) is 26.5 Å². The Morgan fingerprint density at radius 2 is 1.73 bits per heavy atom. The van der Waals surface area contributed by atoms with E-state index < -0.39 is 0 Å². The number of hydrogen-bond acceptors (Lipinski definition) is 3. The van der Waals surface area contributed by atoms with E-state index in [0.717, 1.165) is 26.5 Å². The highest BCUT2D eigenvalue weighted by Crippen LogP contribution is 2.31. The summed E-state index contributed by atoms with van der Waals surface area (Å²) in [4.78, 5) is 12.1. The number of aryl methyl sites for hydroxylation is 1. The van der Waals surface area contributed by atoms with E-state index in [0.29, 0.717) is 5.75 Å². The Morgan fingerprint density at radius 3 is 2.46 bits per heavy atom. The molecule has 5 heteroatoms. The van der Waals surface area contributed by atoms with Gasteiger partial charge in [0.15, 0.2) is 6.61 Å².